The first-order chi connectivity index (χ1) is 13.3. The highest BCUT2D eigenvalue weighted by Crippen LogP contribution is 2.25. The number of halogens is 3. The van der Waals surface area contributed by atoms with Crippen molar-refractivity contribution in [2.45, 2.75) is 51.7 Å². The third-order valence-electron chi connectivity index (χ3n) is 5.44. The van der Waals surface area contributed by atoms with E-state index in [1.54, 1.807) is 6.07 Å². The SMILES string of the molecule is CCC(N)(CC)CNC(=O)C1CCCN(C(=O)c2ccccc2OC(F)F)C1.Cl. The number of ether oxygens (including phenoxy) is 1. The van der Waals surface area contributed by atoms with Gasteiger partial charge in [0.2, 0.25) is 5.91 Å². The summed E-state index contributed by atoms with van der Waals surface area (Å²) in [5, 5.41) is 2.91. The van der Waals surface area contributed by atoms with Gasteiger partial charge >= 0.3 is 6.61 Å². The molecule has 1 saturated heterocycles. The predicted octanol–water partition coefficient (Wildman–Crippen LogP) is 3.20. The fourth-order valence-electron chi connectivity index (χ4n) is 3.30. The lowest BCUT2D eigenvalue weighted by molar-refractivity contribution is -0.126. The van der Waals surface area contributed by atoms with Crippen LogP contribution in [-0.4, -0.2) is 48.5 Å². The van der Waals surface area contributed by atoms with Crippen molar-refractivity contribution < 1.29 is 23.1 Å². The zero-order valence-corrected chi connectivity index (χ0v) is 17.6. The third kappa shape index (κ3) is 6.82. The molecule has 3 N–H and O–H groups in total. The molecular weight excluding hydrogens is 404 g/mol. The Morgan fingerprint density at radius 2 is 1.97 bits per heavy atom. The van der Waals surface area contributed by atoms with Crippen LogP contribution in [0.5, 0.6) is 5.75 Å². The Bertz CT molecular complexity index is 687. The lowest BCUT2D eigenvalue weighted by atomic mass is 9.92. The summed E-state index contributed by atoms with van der Waals surface area (Å²) in [5.41, 5.74) is 5.86. The number of hydrogen-bond acceptors (Lipinski definition) is 4. The fourth-order valence-corrected chi connectivity index (χ4v) is 3.30. The molecule has 1 aromatic carbocycles. The molecule has 1 heterocycles. The maximum atomic E-state index is 12.8. The van der Waals surface area contributed by atoms with Gasteiger partial charge in [0, 0.05) is 25.2 Å². The molecule has 164 valence electrons. The van der Waals surface area contributed by atoms with Gasteiger partial charge in [0.1, 0.15) is 5.75 Å². The van der Waals surface area contributed by atoms with Gasteiger partial charge in [0.05, 0.1) is 11.5 Å². The number of nitrogens with one attached hydrogen (secondary N) is 1. The zero-order valence-electron chi connectivity index (χ0n) is 16.8. The van der Waals surface area contributed by atoms with Gasteiger partial charge in [-0.15, -0.1) is 12.4 Å². The topological polar surface area (TPSA) is 84.7 Å². The number of benzene rings is 1. The number of amides is 2. The lowest BCUT2D eigenvalue weighted by Crippen LogP contribution is -2.52. The molecule has 0 aromatic heterocycles. The molecule has 9 heteroatoms. The van der Waals surface area contributed by atoms with E-state index in [-0.39, 0.29) is 42.1 Å². The van der Waals surface area contributed by atoms with Crippen molar-refractivity contribution in [3.8, 4) is 5.75 Å². The Hall–Kier alpha value is -1.93. The minimum atomic E-state index is -3.01. The minimum Gasteiger partial charge on any atom is -0.434 e. The largest absolute Gasteiger partial charge is 0.434 e. The number of carbonyl (C=O) groups is 2. The number of carbonyl (C=O) groups excluding carboxylic acids is 2. The highest BCUT2D eigenvalue weighted by atomic mass is 35.5. The molecule has 29 heavy (non-hydrogen) atoms. The number of piperidine rings is 1. The summed E-state index contributed by atoms with van der Waals surface area (Å²) in [6, 6.07) is 5.91. The molecule has 2 rings (SSSR count). The zero-order chi connectivity index (χ0) is 20.7. The molecule has 0 bridgehead atoms. The second-order valence-electron chi connectivity index (χ2n) is 7.25. The summed E-state index contributed by atoms with van der Waals surface area (Å²) in [6.45, 7) is 2.04. The van der Waals surface area contributed by atoms with Gasteiger partial charge in [0.25, 0.3) is 5.91 Å². The van der Waals surface area contributed by atoms with E-state index in [2.05, 4.69) is 10.1 Å². The molecule has 6 nitrogen and oxygen atoms in total. The molecule has 1 atom stereocenters. The first-order valence-corrected chi connectivity index (χ1v) is 9.69. The van der Waals surface area contributed by atoms with Gasteiger partial charge in [-0.05, 0) is 37.8 Å². The highest BCUT2D eigenvalue weighted by Gasteiger charge is 2.31. The fraction of sp³-hybridized carbons (Fsp3) is 0.600. The summed E-state index contributed by atoms with van der Waals surface area (Å²) < 4.78 is 29.7. The van der Waals surface area contributed by atoms with Crippen molar-refractivity contribution in [2.75, 3.05) is 19.6 Å². The van der Waals surface area contributed by atoms with Crippen LogP contribution in [0, 0.1) is 5.92 Å². The smallest absolute Gasteiger partial charge is 0.387 e. The first kappa shape index (κ1) is 25.1. The minimum absolute atomic E-state index is 0. The summed E-state index contributed by atoms with van der Waals surface area (Å²) in [6.07, 6.45) is 2.83. The van der Waals surface area contributed by atoms with Crippen LogP contribution < -0.4 is 15.8 Å². The van der Waals surface area contributed by atoms with Crippen LogP contribution in [0.1, 0.15) is 49.9 Å². The van der Waals surface area contributed by atoms with Crippen LogP contribution in [0.3, 0.4) is 0 Å². The summed E-state index contributed by atoms with van der Waals surface area (Å²) in [4.78, 5) is 26.9. The van der Waals surface area contributed by atoms with E-state index >= 15 is 0 Å². The maximum absolute atomic E-state index is 12.8. The molecule has 0 spiro atoms. The summed E-state index contributed by atoms with van der Waals surface area (Å²) in [7, 11) is 0. The van der Waals surface area contributed by atoms with Crippen molar-refractivity contribution >= 4 is 24.2 Å². The second kappa shape index (κ2) is 11.3. The normalized spacial score (nSPS) is 16.9. The van der Waals surface area contributed by atoms with Crippen molar-refractivity contribution in [3.63, 3.8) is 0 Å². The first-order valence-electron chi connectivity index (χ1n) is 9.69. The molecule has 0 saturated carbocycles. The molecule has 1 aromatic rings. The van der Waals surface area contributed by atoms with E-state index in [1.807, 2.05) is 13.8 Å². The van der Waals surface area contributed by atoms with Crippen molar-refractivity contribution in [2.24, 2.45) is 11.7 Å². The predicted molar refractivity (Wildman–Crippen MR) is 109 cm³/mol. The average molecular weight is 434 g/mol. The van der Waals surface area contributed by atoms with Gasteiger partial charge in [0.15, 0.2) is 0 Å². The number of hydrogen-bond donors (Lipinski definition) is 2. The molecule has 1 aliphatic heterocycles. The second-order valence-corrected chi connectivity index (χ2v) is 7.25. The van der Waals surface area contributed by atoms with E-state index in [9.17, 15) is 18.4 Å². The number of nitrogens with two attached hydrogens (primary N) is 1. The number of para-hydroxylation sites is 1. The summed E-state index contributed by atoms with van der Waals surface area (Å²) in [5.74, 6) is -1.05. The van der Waals surface area contributed by atoms with Gasteiger partial charge < -0.3 is 20.7 Å². The van der Waals surface area contributed by atoms with Gasteiger partial charge in [-0.2, -0.15) is 8.78 Å². The molecule has 1 unspecified atom stereocenters. The van der Waals surface area contributed by atoms with E-state index < -0.39 is 18.1 Å². The Morgan fingerprint density at radius 3 is 2.59 bits per heavy atom. The molecular formula is C20H30ClF2N3O3. The number of alkyl halides is 2. The van der Waals surface area contributed by atoms with E-state index in [0.717, 1.165) is 12.8 Å². The third-order valence-corrected chi connectivity index (χ3v) is 5.44. The molecule has 0 aliphatic carbocycles. The van der Waals surface area contributed by atoms with Crippen LogP contribution in [0.25, 0.3) is 0 Å². The van der Waals surface area contributed by atoms with Gasteiger partial charge in [-0.1, -0.05) is 26.0 Å². The quantitative estimate of drug-likeness (QED) is 0.659. The number of rotatable bonds is 8. The molecule has 0 radical (unpaired) electrons. The monoisotopic (exact) mass is 433 g/mol. The van der Waals surface area contributed by atoms with Crippen LogP contribution in [0.15, 0.2) is 24.3 Å². The Morgan fingerprint density at radius 1 is 1.31 bits per heavy atom. The van der Waals surface area contributed by atoms with Crippen molar-refractivity contribution in [1.29, 1.82) is 0 Å². The van der Waals surface area contributed by atoms with Crippen molar-refractivity contribution in [3.05, 3.63) is 29.8 Å². The van der Waals surface area contributed by atoms with Crippen LogP contribution in [0.4, 0.5) is 8.78 Å². The van der Waals surface area contributed by atoms with E-state index in [1.165, 1.54) is 23.1 Å². The Labute approximate surface area is 176 Å². The summed E-state index contributed by atoms with van der Waals surface area (Å²) >= 11 is 0. The number of nitrogens with zero attached hydrogens (tertiary/aromatic N) is 1. The van der Waals surface area contributed by atoms with Crippen LogP contribution in [-0.2, 0) is 4.79 Å². The van der Waals surface area contributed by atoms with Gasteiger partial charge in [-0.3, -0.25) is 9.59 Å². The molecule has 1 aliphatic rings. The molecule has 2 amide bonds. The van der Waals surface area contributed by atoms with E-state index in [0.29, 0.717) is 25.9 Å². The molecule has 1 fully saturated rings. The maximum Gasteiger partial charge on any atom is 0.387 e. The Kier molecular flexibility index (Phi) is 9.79. The standard InChI is InChI=1S/C20H29F2N3O3.ClH/c1-3-20(23,4-2)13-24-17(26)14-8-7-11-25(12-14)18(27)15-9-5-6-10-16(15)28-19(21)22;/h5-6,9-10,14,19H,3-4,7-8,11-13,23H2,1-2H3,(H,24,26);1H. The Balaban J connectivity index is 0.00000420. The lowest BCUT2D eigenvalue weighted by Gasteiger charge is -2.33. The van der Waals surface area contributed by atoms with Crippen molar-refractivity contribution in [1.82, 2.24) is 10.2 Å². The highest BCUT2D eigenvalue weighted by molar-refractivity contribution is 5.97. The van der Waals surface area contributed by atoms with Crippen LogP contribution in [0.2, 0.25) is 0 Å². The van der Waals surface area contributed by atoms with E-state index in [4.69, 9.17) is 5.73 Å². The average Bonchev–Trinajstić information content (AvgIpc) is 2.71. The van der Waals surface area contributed by atoms with Gasteiger partial charge in [-0.25, -0.2) is 0 Å². The number of likely N-dealkylation sites (tertiary alicyclic amines) is 1. The van der Waals surface area contributed by atoms with Crippen LogP contribution >= 0.6 is 12.4 Å².